The van der Waals surface area contributed by atoms with Crippen LogP contribution in [0.25, 0.3) is 0 Å². The maximum absolute atomic E-state index is 8.56. The van der Waals surface area contributed by atoms with Crippen molar-refractivity contribution in [2.45, 2.75) is 63.5 Å². The molecular formula is C15H38N4O5. The van der Waals surface area contributed by atoms with Crippen LogP contribution in [-0.4, -0.2) is 65.0 Å². The van der Waals surface area contributed by atoms with Crippen LogP contribution in [-0.2, 0) is 0 Å². The molecule has 0 aliphatic rings. The Kier molecular flexibility index (Phi) is 28.2. The van der Waals surface area contributed by atoms with Crippen molar-refractivity contribution in [1.29, 1.82) is 0 Å². The second-order valence-electron chi connectivity index (χ2n) is 5.40. The Morgan fingerprint density at radius 2 is 0.958 bits per heavy atom. The maximum Gasteiger partial charge on any atom is 0.503 e. The number of aliphatic hydroxyl groups excluding tert-OH is 2. The van der Waals surface area contributed by atoms with Crippen molar-refractivity contribution < 1.29 is 25.2 Å². The summed E-state index contributed by atoms with van der Waals surface area (Å²) in [6.07, 6.45) is 5.57. The van der Waals surface area contributed by atoms with Gasteiger partial charge in [0, 0.05) is 25.3 Å². The summed E-state index contributed by atoms with van der Waals surface area (Å²) in [7, 11) is 0. The van der Waals surface area contributed by atoms with Crippen LogP contribution in [0.2, 0.25) is 0 Å². The fourth-order valence-electron chi connectivity index (χ4n) is 1.76. The summed E-state index contributed by atoms with van der Waals surface area (Å²) >= 11 is 0. The summed E-state index contributed by atoms with van der Waals surface area (Å²) in [4.78, 5) is 8.56. The van der Waals surface area contributed by atoms with Crippen LogP contribution in [0.3, 0.4) is 0 Å². The molecule has 0 heterocycles. The van der Waals surface area contributed by atoms with Crippen LogP contribution in [0.15, 0.2) is 0 Å². The molecule has 2 atom stereocenters. The molecule has 9 nitrogen and oxygen atoms in total. The minimum atomic E-state index is -1.83. The molecule has 0 aromatic heterocycles. The third kappa shape index (κ3) is 37.3. The lowest BCUT2D eigenvalue weighted by Crippen LogP contribution is -2.21. The van der Waals surface area contributed by atoms with Gasteiger partial charge in [0.25, 0.3) is 0 Å². The average molecular weight is 354 g/mol. The molecule has 9 heteroatoms. The van der Waals surface area contributed by atoms with Crippen LogP contribution < -0.4 is 22.9 Å². The molecule has 0 rings (SSSR count). The van der Waals surface area contributed by atoms with Gasteiger partial charge in [-0.2, -0.15) is 0 Å². The van der Waals surface area contributed by atoms with E-state index in [1.807, 2.05) is 0 Å². The smallest absolute Gasteiger partial charge is 0.450 e. The van der Waals surface area contributed by atoms with Crippen molar-refractivity contribution in [3.05, 3.63) is 0 Å². The van der Waals surface area contributed by atoms with E-state index in [9.17, 15) is 0 Å². The van der Waals surface area contributed by atoms with E-state index in [0.29, 0.717) is 13.1 Å². The monoisotopic (exact) mass is 354 g/mol. The van der Waals surface area contributed by atoms with Gasteiger partial charge in [-0.1, -0.05) is 0 Å². The van der Waals surface area contributed by atoms with Crippen molar-refractivity contribution >= 4 is 6.16 Å². The molecule has 12 N–H and O–H groups in total. The number of hydrogen-bond acceptors (Lipinski definition) is 7. The van der Waals surface area contributed by atoms with E-state index >= 15 is 0 Å². The molecule has 0 fully saturated rings. The van der Waals surface area contributed by atoms with Gasteiger partial charge >= 0.3 is 6.16 Å². The van der Waals surface area contributed by atoms with E-state index in [2.05, 4.69) is 0 Å². The van der Waals surface area contributed by atoms with Gasteiger partial charge < -0.3 is 43.4 Å². The van der Waals surface area contributed by atoms with Crippen molar-refractivity contribution in [1.82, 2.24) is 0 Å². The van der Waals surface area contributed by atoms with E-state index < -0.39 is 6.16 Å². The predicted octanol–water partition coefficient (Wildman–Crippen LogP) is -0.127. The molecule has 0 aliphatic heterocycles. The molecule has 2 unspecified atom stereocenters. The van der Waals surface area contributed by atoms with Gasteiger partial charge in [-0.05, 0) is 64.5 Å². The van der Waals surface area contributed by atoms with E-state index in [1.54, 1.807) is 0 Å². The van der Waals surface area contributed by atoms with Gasteiger partial charge in [0.1, 0.15) is 0 Å². The first-order valence-electron chi connectivity index (χ1n) is 8.40. The van der Waals surface area contributed by atoms with Crippen LogP contribution >= 0.6 is 0 Å². The molecule has 0 amide bonds. The molecule has 0 saturated carbocycles. The highest BCUT2D eigenvalue weighted by Gasteiger charge is 2.00. The van der Waals surface area contributed by atoms with E-state index in [0.717, 1.165) is 51.4 Å². The molecule has 148 valence electrons. The predicted molar refractivity (Wildman–Crippen MR) is 95.8 cm³/mol. The lowest BCUT2D eigenvalue weighted by Gasteiger charge is -2.08. The Labute approximate surface area is 145 Å². The minimum Gasteiger partial charge on any atom is -0.450 e. The third-order valence-electron chi connectivity index (χ3n) is 3.02. The molecule has 0 aliphatic carbocycles. The van der Waals surface area contributed by atoms with E-state index in [-0.39, 0.29) is 25.3 Å². The summed E-state index contributed by atoms with van der Waals surface area (Å²) in [5.74, 6) is 0. The molecule has 0 saturated heterocycles. The number of aliphatic hydroxyl groups is 2. The van der Waals surface area contributed by atoms with Crippen LogP contribution in [0, 0.1) is 0 Å². The number of rotatable bonds is 12. The maximum atomic E-state index is 8.56. The van der Waals surface area contributed by atoms with Crippen LogP contribution in [0.1, 0.15) is 51.4 Å². The summed E-state index contributed by atoms with van der Waals surface area (Å²) in [5, 5.41) is 30.9. The normalized spacial score (nSPS) is 12.2. The second-order valence-corrected chi connectivity index (χ2v) is 5.40. The average Bonchev–Trinajstić information content (AvgIpc) is 2.54. The fraction of sp³-hybridized carbons (Fsp3) is 0.933. The van der Waals surface area contributed by atoms with E-state index in [1.165, 1.54) is 0 Å². The molecule has 24 heavy (non-hydrogen) atoms. The summed E-state index contributed by atoms with van der Waals surface area (Å²) in [6.45, 7) is 1.92. The summed E-state index contributed by atoms with van der Waals surface area (Å²) in [6, 6.07) is 0.464. The molecule has 0 bridgehead atoms. The fourth-order valence-corrected chi connectivity index (χ4v) is 1.76. The first kappa shape index (κ1) is 27.9. The Bertz CT molecular complexity index is 210. The van der Waals surface area contributed by atoms with Crippen molar-refractivity contribution in [3.8, 4) is 0 Å². The lowest BCUT2D eigenvalue weighted by atomic mass is 10.1. The Morgan fingerprint density at radius 3 is 1.17 bits per heavy atom. The topological polar surface area (TPSA) is 202 Å². The summed E-state index contributed by atoms with van der Waals surface area (Å²) in [5.41, 5.74) is 22.0. The molecular weight excluding hydrogens is 316 g/mol. The molecule has 0 spiro atoms. The Hall–Kier alpha value is -0.970. The Balaban J connectivity index is -0.000000301. The highest BCUT2D eigenvalue weighted by molar-refractivity contribution is 5.53. The quantitative estimate of drug-likeness (QED) is 0.235. The SMILES string of the molecule is NCCCC(N)CCCO.NCCCC(N)CCCO.O=C(O)O. The van der Waals surface area contributed by atoms with Crippen molar-refractivity contribution in [2.75, 3.05) is 26.3 Å². The van der Waals surface area contributed by atoms with Crippen molar-refractivity contribution in [3.63, 3.8) is 0 Å². The highest BCUT2D eigenvalue weighted by atomic mass is 16.6. The van der Waals surface area contributed by atoms with E-state index in [4.69, 9.17) is 48.2 Å². The third-order valence-corrected chi connectivity index (χ3v) is 3.02. The van der Waals surface area contributed by atoms with Gasteiger partial charge in [-0.25, -0.2) is 4.79 Å². The Morgan fingerprint density at radius 1 is 0.708 bits per heavy atom. The van der Waals surface area contributed by atoms with Gasteiger partial charge in [0.2, 0.25) is 0 Å². The first-order valence-corrected chi connectivity index (χ1v) is 8.40. The molecule has 0 radical (unpaired) electrons. The number of hydrogen-bond donors (Lipinski definition) is 8. The standard InChI is InChI=1S/2C7H18N2O.CH2O3/c2*8-5-1-3-7(9)4-2-6-10;2-1(3)4/h2*7,10H,1-6,8-9H2;(H2,2,3,4). The zero-order valence-corrected chi connectivity index (χ0v) is 14.6. The minimum absolute atomic E-state index is 0.232. The van der Waals surface area contributed by atoms with Crippen molar-refractivity contribution in [2.24, 2.45) is 22.9 Å². The molecule has 0 aromatic carbocycles. The second kappa shape index (κ2) is 24.3. The zero-order chi connectivity index (χ0) is 19.2. The number of carbonyl (C=O) groups is 1. The van der Waals surface area contributed by atoms with Crippen LogP contribution in [0.4, 0.5) is 4.79 Å². The highest BCUT2D eigenvalue weighted by Crippen LogP contribution is 2.00. The van der Waals surface area contributed by atoms with Crippen LogP contribution in [0.5, 0.6) is 0 Å². The van der Waals surface area contributed by atoms with Gasteiger partial charge in [-0.15, -0.1) is 0 Å². The summed E-state index contributed by atoms with van der Waals surface area (Å²) < 4.78 is 0. The number of nitrogens with two attached hydrogens (primary N) is 4. The zero-order valence-electron chi connectivity index (χ0n) is 14.6. The largest absolute Gasteiger partial charge is 0.503 e. The first-order chi connectivity index (χ1) is 11.3. The molecule has 0 aromatic rings. The van der Waals surface area contributed by atoms with Gasteiger partial charge in [-0.3, -0.25) is 0 Å². The lowest BCUT2D eigenvalue weighted by molar-refractivity contribution is 0.137. The number of carboxylic acid groups (broad SMARTS) is 2. The van der Waals surface area contributed by atoms with Gasteiger partial charge in [0.05, 0.1) is 0 Å². The van der Waals surface area contributed by atoms with Gasteiger partial charge in [0.15, 0.2) is 0 Å².